The minimum absolute atomic E-state index is 0.000652. The van der Waals surface area contributed by atoms with Crippen LogP contribution in [0.1, 0.15) is 28.8 Å². The van der Waals surface area contributed by atoms with Gasteiger partial charge in [0.1, 0.15) is 0 Å². The van der Waals surface area contributed by atoms with Crippen LogP contribution in [0.4, 0.5) is 5.69 Å². The van der Waals surface area contributed by atoms with E-state index in [1.165, 1.54) is 12.8 Å². The Morgan fingerprint density at radius 1 is 1.41 bits per heavy atom. The number of hydrogen-bond acceptors (Lipinski definition) is 3. The lowest BCUT2D eigenvalue weighted by Gasteiger charge is -2.04. The Morgan fingerprint density at radius 3 is 3.00 bits per heavy atom. The largest absolute Gasteiger partial charge is 0.326 e. The van der Waals surface area contributed by atoms with Crippen LogP contribution in [-0.2, 0) is 11.2 Å². The highest BCUT2D eigenvalue weighted by atomic mass is 16.1. The summed E-state index contributed by atoms with van der Waals surface area (Å²) in [6.45, 7) is 0.394. The van der Waals surface area contributed by atoms with Gasteiger partial charge in [0.15, 0.2) is 5.78 Å². The van der Waals surface area contributed by atoms with Gasteiger partial charge in [-0.05, 0) is 36.6 Å². The first kappa shape index (κ1) is 10.5. The second kappa shape index (κ2) is 3.96. The van der Waals surface area contributed by atoms with E-state index in [1.807, 2.05) is 12.1 Å². The minimum atomic E-state index is 0.000652. The number of Topliss-reactive ketones (excluding diaryl/α,β-unsaturated/α-hetero) is 1. The highest BCUT2D eigenvalue weighted by Crippen LogP contribution is 2.24. The van der Waals surface area contributed by atoms with Gasteiger partial charge in [0, 0.05) is 17.3 Å². The fraction of sp³-hybridized carbons (Fsp3) is 0.385. The molecule has 2 N–H and O–H groups in total. The topological polar surface area (TPSA) is 58.2 Å². The summed E-state index contributed by atoms with van der Waals surface area (Å²) < 4.78 is 0. The molecule has 3 rings (SSSR count). The molecular formula is C13H14N2O2. The summed E-state index contributed by atoms with van der Waals surface area (Å²) in [6, 6.07) is 5.95. The van der Waals surface area contributed by atoms with E-state index < -0.39 is 0 Å². The van der Waals surface area contributed by atoms with Crippen LogP contribution < -0.4 is 10.6 Å². The summed E-state index contributed by atoms with van der Waals surface area (Å²) in [5, 5.41) is 5.96. The van der Waals surface area contributed by atoms with Crippen molar-refractivity contribution < 1.29 is 9.59 Å². The van der Waals surface area contributed by atoms with Crippen molar-refractivity contribution in [2.75, 3.05) is 11.9 Å². The third-order valence-electron chi connectivity index (χ3n) is 3.18. The minimum Gasteiger partial charge on any atom is -0.326 e. The van der Waals surface area contributed by atoms with Gasteiger partial charge in [-0.2, -0.15) is 0 Å². The van der Waals surface area contributed by atoms with Crippen molar-refractivity contribution >= 4 is 17.4 Å². The van der Waals surface area contributed by atoms with Crippen LogP contribution in [0, 0.1) is 0 Å². The third-order valence-corrected chi connectivity index (χ3v) is 3.18. The van der Waals surface area contributed by atoms with Crippen LogP contribution in [-0.4, -0.2) is 24.3 Å². The third kappa shape index (κ3) is 2.22. The Bertz CT molecular complexity index is 492. The number of rotatable bonds is 4. The first-order valence-corrected chi connectivity index (χ1v) is 5.92. The zero-order valence-corrected chi connectivity index (χ0v) is 9.45. The summed E-state index contributed by atoms with van der Waals surface area (Å²) in [5.41, 5.74) is 2.45. The molecule has 2 aliphatic rings. The second-order valence-electron chi connectivity index (χ2n) is 4.68. The molecule has 1 saturated carbocycles. The van der Waals surface area contributed by atoms with Crippen molar-refractivity contribution in [2.45, 2.75) is 25.3 Å². The molecular weight excluding hydrogens is 216 g/mol. The Hall–Kier alpha value is -1.68. The molecule has 0 saturated heterocycles. The van der Waals surface area contributed by atoms with Gasteiger partial charge in [0.2, 0.25) is 5.91 Å². The lowest BCUT2D eigenvalue weighted by atomic mass is 10.1. The molecule has 0 atom stereocenters. The zero-order valence-electron chi connectivity index (χ0n) is 9.45. The summed E-state index contributed by atoms with van der Waals surface area (Å²) in [4.78, 5) is 23.1. The van der Waals surface area contributed by atoms with Gasteiger partial charge in [-0.15, -0.1) is 0 Å². The van der Waals surface area contributed by atoms with Crippen molar-refractivity contribution in [3.63, 3.8) is 0 Å². The van der Waals surface area contributed by atoms with Crippen molar-refractivity contribution in [3.05, 3.63) is 29.3 Å². The van der Waals surface area contributed by atoms with Crippen molar-refractivity contribution in [2.24, 2.45) is 0 Å². The fourth-order valence-electron chi connectivity index (χ4n) is 2.03. The Morgan fingerprint density at radius 2 is 2.24 bits per heavy atom. The van der Waals surface area contributed by atoms with Gasteiger partial charge in [-0.25, -0.2) is 0 Å². The van der Waals surface area contributed by atoms with Gasteiger partial charge in [0.25, 0.3) is 0 Å². The molecule has 4 heteroatoms. The number of carbonyl (C=O) groups is 2. The molecule has 17 heavy (non-hydrogen) atoms. The number of nitrogens with one attached hydrogen (secondary N) is 2. The highest BCUT2D eigenvalue weighted by Gasteiger charge is 2.22. The van der Waals surface area contributed by atoms with Gasteiger partial charge in [0.05, 0.1) is 13.0 Å². The van der Waals surface area contributed by atoms with Crippen LogP contribution in [0.15, 0.2) is 18.2 Å². The Labute approximate surface area is 99.4 Å². The monoisotopic (exact) mass is 230 g/mol. The molecule has 88 valence electrons. The van der Waals surface area contributed by atoms with Gasteiger partial charge >= 0.3 is 0 Å². The first-order chi connectivity index (χ1) is 8.22. The van der Waals surface area contributed by atoms with E-state index in [0.717, 1.165) is 11.3 Å². The highest BCUT2D eigenvalue weighted by molar-refractivity contribution is 6.02. The maximum atomic E-state index is 11.9. The molecule has 1 aliphatic heterocycles. The summed E-state index contributed by atoms with van der Waals surface area (Å²) >= 11 is 0. The predicted octanol–water partition coefficient (Wildman–Crippen LogP) is 1.12. The predicted molar refractivity (Wildman–Crippen MR) is 64.1 cm³/mol. The summed E-state index contributed by atoms with van der Waals surface area (Å²) in [5.74, 6) is 0.0970. The molecule has 4 nitrogen and oxygen atoms in total. The van der Waals surface area contributed by atoms with E-state index in [4.69, 9.17) is 0 Å². The maximum Gasteiger partial charge on any atom is 0.228 e. The number of hydrogen-bond donors (Lipinski definition) is 2. The Kier molecular flexibility index (Phi) is 2.44. The second-order valence-corrected chi connectivity index (χ2v) is 4.68. The fourth-order valence-corrected chi connectivity index (χ4v) is 2.03. The van der Waals surface area contributed by atoms with Crippen molar-refractivity contribution in [3.8, 4) is 0 Å². The average Bonchev–Trinajstić information content (AvgIpc) is 3.06. The number of anilines is 1. The van der Waals surface area contributed by atoms with Crippen molar-refractivity contribution in [1.82, 2.24) is 5.32 Å². The molecule has 0 radical (unpaired) electrons. The molecule has 0 unspecified atom stereocenters. The molecule has 0 spiro atoms. The van der Waals surface area contributed by atoms with E-state index in [9.17, 15) is 9.59 Å². The number of ketones is 1. The molecule has 1 aliphatic carbocycles. The average molecular weight is 230 g/mol. The zero-order chi connectivity index (χ0) is 11.8. The van der Waals surface area contributed by atoms with E-state index in [0.29, 0.717) is 24.6 Å². The molecule has 1 heterocycles. The first-order valence-electron chi connectivity index (χ1n) is 5.92. The van der Waals surface area contributed by atoms with Gasteiger partial charge in [-0.3, -0.25) is 9.59 Å². The molecule has 1 fully saturated rings. The van der Waals surface area contributed by atoms with E-state index >= 15 is 0 Å². The number of fused-ring (bicyclic) bond motifs is 1. The van der Waals surface area contributed by atoms with Crippen LogP contribution in [0.5, 0.6) is 0 Å². The van der Waals surface area contributed by atoms with E-state index in [2.05, 4.69) is 10.6 Å². The molecule has 0 aromatic heterocycles. The maximum absolute atomic E-state index is 11.9. The van der Waals surface area contributed by atoms with Crippen LogP contribution in [0.2, 0.25) is 0 Å². The lowest BCUT2D eigenvalue weighted by molar-refractivity contribution is -0.115. The van der Waals surface area contributed by atoms with Crippen molar-refractivity contribution in [1.29, 1.82) is 0 Å². The SMILES string of the molecule is O=C1Cc2cc(C(=O)CNC3CC3)ccc2N1. The number of carbonyl (C=O) groups excluding carboxylic acids is 2. The molecule has 1 aromatic rings. The smallest absolute Gasteiger partial charge is 0.228 e. The van der Waals surface area contributed by atoms with E-state index in [-0.39, 0.29) is 11.7 Å². The summed E-state index contributed by atoms with van der Waals surface area (Å²) in [7, 11) is 0. The standard InChI is InChI=1S/C13H14N2O2/c16-12(7-14-10-2-3-10)8-1-4-11-9(5-8)6-13(17)15-11/h1,4-5,10,14H,2-3,6-7H2,(H,15,17). The van der Waals surface area contributed by atoms with Crippen LogP contribution in [0.3, 0.4) is 0 Å². The molecule has 1 aromatic carbocycles. The molecule has 0 bridgehead atoms. The lowest BCUT2D eigenvalue weighted by Crippen LogP contribution is -2.24. The van der Waals surface area contributed by atoms with Gasteiger partial charge < -0.3 is 10.6 Å². The van der Waals surface area contributed by atoms with Gasteiger partial charge in [-0.1, -0.05) is 0 Å². The van der Waals surface area contributed by atoms with E-state index in [1.54, 1.807) is 6.07 Å². The normalized spacial score (nSPS) is 17.8. The number of amides is 1. The number of benzene rings is 1. The Balaban J connectivity index is 1.72. The molecule has 1 amide bonds. The quantitative estimate of drug-likeness (QED) is 0.762. The van der Waals surface area contributed by atoms with Crippen LogP contribution >= 0.6 is 0 Å². The summed E-state index contributed by atoms with van der Waals surface area (Å²) in [6.07, 6.45) is 2.73. The van der Waals surface area contributed by atoms with Crippen LogP contribution in [0.25, 0.3) is 0 Å².